The van der Waals surface area contributed by atoms with Crippen molar-refractivity contribution in [3.05, 3.63) is 66.6 Å². The van der Waals surface area contributed by atoms with E-state index in [9.17, 15) is 0 Å². The van der Waals surface area contributed by atoms with Crippen LogP contribution in [0.15, 0.2) is 65.4 Å². The van der Waals surface area contributed by atoms with Gasteiger partial charge in [-0.05, 0) is 41.5 Å². The lowest BCUT2D eigenvalue weighted by molar-refractivity contribution is -0.659. The van der Waals surface area contributed by atoms with Gasteiger partial charge in [0.15, 0.2) is 11.1 Å². The minimum atomic E-state index is 0.918. The molecule has 0 radical (unpaired) electrons. The van der Waals surface area contributed by atoms with Gasteiger partial charge in [0.1, 0.15) is 18.5 Å². The zero-order chi connectivity index (χ0) is 19.3. The number of nitrogens with zero attached hydrogens (tertiary/aromatic N) is 1. The van der Waals surface area contributed by atoms with Crippen LogP contribution in [0.25, 0.3) is 53.2 Å². The first-order valence-corrected chi connectivity index (χ1v) is 10.5. The number of hydrogen-bond donors (Lipinski definition) is 0. The fraction of sp³-hybridized carbons (Fsp3) is 0.0800. The Morgan fingerprint density at radius 2 is 1.79 bits per heavy atom. The number of aromatic nitrogens is 1. The molecule has 29 heavy (non-hydrogen) atoms. The zero-order valence-electron chi connectivity index (χ0n) is 15.9. The molecule has 4 heteroatoms. The highest BCUT2D eigenvalue weighted by Crippen LogP contribution is 2.51. The molecule has 0 atom stereocenters. The molecule has 138 valence electrons. The standard InChI is InChI=1S/C25H16NO2S/c1-13-15-6-4-3-5-14(15)11-19-21(13)23-22-17(7-9-26(23)2)24-18(12-20(22)28-19)16-8-10-27-25(16)29-24/h3-12H,1-2H3/q+1. The molecule has 0 spiro atoms. The largest absolute Gasteiger partial charge is 0.456 e. The van der Waals surface area contributed by atoms with Crippen LogP contribution < -0.4 is 9.30 Å². The summed E-state index contributed by atoms with van der Waals surface area (Å²) < 4.78 is 15.7. The second kappa shape index (κ2) is 5.16. The van der Waals surface area contributed by atoms with Gasteiger partial charge in [0.2, 0.25) is 5.69 Å². The van der Waals surface area contributed by atoms with Crippen LogP contribution in [0.4, 0.5) is 0 Å². The molecular formula is C25H16NO2S+. The molecule has 1 aliphatic rings. The van der Waals surface area contributed by atoms with Gasteiger partial charge in [-0.1, -0.05) is 35.6 Å². The number of rotatable bonds is 0. The molecule has 0 saturated carbocycles. The Balaban J connectivity index is 1.71. The molecule has 3 aromatic heterocycles. The van der Waals surface area contributed by atoms with Crippen molar-refractivity contribution in [2.45, 2.75) is 6.92 Å². The molecule has 3 aromatic carbocycles. The topological polar surface area (TPSA) is 26.2 Å². The van der Waals surface area contributed by atoms with Crippen LogP contribution in [-0.4, -0.2) is 0 Å². The van der Waals surface area contributed by atoms with Crippen molar-refractivity contribution in [3.63, 3.8) is 0 Å². The first-order valence-electron chi connectivity index (χ1n) is 9.66. The van der Waals surface area contributed by atoms with Gasteiger partial charge >= 0.3 is 0 Å². The lowest BCUT2D eigenvalue weighted by atomic mass is 9.91. The number of pyridine rings is 1. The minimum Gasteiger partial charge on any atom is -0.456 e. The Kier molecular flexibility index (Phi) is 2.76. The predicted molar refractivity (Wildman–Crippen MR) is 118 cm³/mol. The normalized spacial score (nSPS) is 12.8. The van der Waals surface area contributed by atoms with Crippen molar-refractivity contribution in [2.75, 3.05) is 0 Å². The molecule has 0 aliphatic carbocycles. The van der Waals surface area contributed by atoms with Crippen LogP contribution in [0.3, 0.4) is 0 Å². The molecule has 1 aliphatic heterocycles. The van der Waals surface area contributed by atoms with Crippen molar-refractivity contribution < 1.29 is 13.7 Å². The van der Waals surface area contributed by atoms with E-state index in [-0.39, 0.29) is 0 Å². The average Bonchev–Trinajstić information content (AvgIpc) is 3.32. The lowest BCUT2D eigenvalue weighted by Crippen LogP contribution is -2.31. The maximum atomic E-state index is 6.56. The van der Waals surface area contributed by atoms with E-state index in [1.807, 2.05) is 6.07 Å². The Morgan fingerprint density at radius 1 is 0.897 bits per heavy atom. The fourth-order valence-electron chi connectivity index (χ4n) is 4.85. The number of furan rings is 1. The minimum absolute atomic E-state index is 0.918. The summed E-state index contributed by atoms with van der Waals surface area (Å²) in [5, 5.41) is 7.22. The molecule has 0 amide bonds. The maximum Gasteiger partial charge on any atom is 0.228 e. The van der Waals surface area contributed by atoms with Gasteiger partial charge in [0.05, 0.1) is 17.2 Å². The molecule has 0 bridgehead atoms. The van der Waals surface area contributed by atoms with Gasteiger partial charge in [-0.3, -0.25) is 0 Å². The Labute approximate surface area is 170 Å². The van der Waals surface area contributed by atoms with E-state index < -0.39 is 0 Å². The van der Waals surface area contributed by atoms with Crippen LogP contribution in [0.5, 0.6) is 11.5 Å². The monoisotopic (exact) mass is 394 g/mol. The predicted octanol–water partition coefficient (Wildman–Crippen LogP) is 6.86. The SMILES string of the molecule is Cc1c2c(cc3ccccc13)Oc1cc3c4ccoc4sc3c3cc[n+](C)c-2c13. The Hall–Kier alpha value is -3.37. The molecule has 3 nitrogen and oxygen atoms in total. The summed E-state index contributed by atoms with van der Waals surface area (Å²) in [5.74, 6) is 1.84. The average molecular weight is 394 g/mol. The van der Waals surface area contributed by atoms with Crippen LogP contribution in [0, 0.1) is 6.92 Å². The molecule has 0 unspecified atom stereocenters. The van der Waals surface area contributed by atoms with E-state index in [1.54, 1.807) is 17.6 Å². The summed E-state index contributed by atoms with van der Waals surface area (Å²) in [6.07, 6.45) is 3.92. The van der Waals surface area contributed by atoms with Crippen molar-refractivity contribution in [3.8, 4) is 22.8 Å². The molecule has 6 aromatic rings. The lowest BCUT2D eigenvalue weighted by Gasteiger charge is -2.22. The van der Waals surface area contributed by atoms with E-state index >= 15 is 0 Å². The summed E-state index contributed by atoms with van der Waals surface area (Å²) in [7, 11) is 2.12. The van der Waals surface area contributed by atoms with Crippen molar-refractivity contribution in [2.24, 2.45) is 7.05 Å². The van der Waals surface area contributed by atoms with E-state index in [0.717, 1.165) is 21.8 Å². The second-order valence-corrected chi connectivity index (χ2v) is 8.72. The number of aryl methyl sites for hydroxylation is 2. The third kappa shape index (κ3) is 1.85. The first kappa shape index (κ1) is 15.5. The van der Waals surface area contributed by atoms with Gasteiger partial charge in [0.25, 0.3) is 0 Å². The van der Waals surface area contributed by atoms with Crippen molar-refractivity contribution >= 4 is 53.3 Å². The number of hydrogen-bond acceptors (Lipinski definition) is 3. The van der Waals surface area contributed by atoms with E-state index in [1.165, 1.54) is 48.5 Å². The molecule has 4 heterocycles. The van der Waals surface area contributed by atoms with Gasteiger partial charge in [-0.25, -0.2) is 4.57 Å². The summed E-state index contributed by atoms with van der Waals surface area (Å²) in [5.41, 5.74) is 3.66. The maximum absolute atomic E-state index is 6.56. The Bertz CT molecular complexity index is 1650. The quantitative estimate of drug-likeness (QED) is 0.263. The fourth-order valence-corrected chi connectivity index (χ4v) is 5.99. The highest BCUT2D eigenvalue weighted by Gasteiger charge is 2.31. The van der Waals surface area contributed by atoms with Crippen molar-refractivity contribution in [1.82, 2.24) is 0 Å². The van der Waals surface area contributed by atoms with Crippen LogP contribution in [0.2, 0.25) is 0 Å². The highest BCUT2D eigenvalue weighted by atomic mass is 32.1. The second-order valence-electron chi connectivity index (χ2n) is 7.74. The van der Waals surface area contributed by atoms with Crippen LogP contribution >= 0.6 is 11.3 Å². The molecule has 7 rings (SSSR count). The number of thiophene rings is 1. The van der Waals surface area contributed by atoms with E-state index in [2.05, 4.69) is 67.2 Å². The first-order chi connectivity index (χ1) is 14.2. The zero-order valence-corrected chi connectivity index (χ0v) is 16.8. The molecular weight excluding hydrogens is 378 g/mol. The summed E-state index contributed by atoms with van der Waals surface area (Å²) in [6, 6.07) is 17.1. The van der Waals surface area contributed by atoms with Gasteiger partial charge < -0.3 is 9.15 Å². The summed E-state index contributed by atoms with van der Waals surface area (Å²) in [4.78, 5) is 0.965. The van der Waals surface area contributed by atoms with E-state index in [0.29, 0.717) is 0 Å². The number of ether oxygens (including phenoxy) is 1. The van der Waals surface area contributed by atoms with E-state index in [4.69, 9.17) is 9.15 Å². The number of fused-ring (bicyclic) bond motifs is 7. The summed E-state index contributed by atoms with van der Waals surface area (Å²) >= 11 is 1.71. The van der Waals surface area contributed by atoms with Gasteiger partial charge in [0, 0.05) is 26.9 Å². The molecule has 0 fully saturated rings. The molecule has 0 N–H and O–H groups in total. The van der Waals surface area contributed by atoms with Gasteiger partial charge in [-0.15, -0.1) is 0 Å². The van der Waals surface area contributed by atoms with Gasteiger partial charge in [-0.2, -0.15) is 0 Å². The number of benzene rings is 3. The third-order valence-corrected chi connectivity index (χ3v) is 7.32. The third-order valence-electron chi connectivity index (χ3n) is 6.18. The van der Waals surface area contributed by atoms with Crippen molar-refractivity contribution in [1.29, 1.82) is 0 Å². The smallest absolute Gasteiger partial charge is 0.228 e. The Morgan fingerprint density at radius 3 is 2.72 bits per heavy atom. The van der Waals surface area contributed by atoms with Crippen LogP contribution in [0.1, 0.15) is 5.56 Å². The highest BCUT2D eigenvalue weighted by molar-refractivity contribution is 7.26. The summed E-state index contributed by atoms with van der Waals surface area (Å²) in [6.45, 7) is 2.20. The molecule has 0 saturated heterocycles. The van der Waals surface area contributed by atoms with Crippen LogP contribution in [-0.2, 0) is 7.05 Å².